The number of aromatic nitrogens is 3. The number of likely N-dealkylation sites (tertiary alicyclic amines) is 1. The molecule has 7 heteroatoms. The van der Waals surface area contributed by atoms with Crippen molar-refractivity contribution in [2.24, 2.45) is 0 Å². The van der Waals surface area contributed by atoms with E-state index in [0.29, 0.717) is 12.3 Å². The Balaban J connectivity index is 1.56. The Kier molecular flexibility index (Phi) is 5.50. The maximum absolute atomic E-state index is 12.7. The molecule has 0 saturated carbocycles. The quantitative estimate of drug-likeness (QED) is 0.811. The molecule has 0 unspecified atom stereocenters. The topological polar surface area (TPSA) is 57.5 Å². The van der Waals surface area contributed by atoms with Crippen LogP contribution in [-0.2, 0) is 11.3 Å². The van der Waals surface area contributed by atoms with Crippen molar-refractivity contribution in [1.29, 1.82) is 0 Å². The van der Waals surface area contributed by atoms with Crippen molar-refractivity contribution in [2.75, 3.05) is 46.8 Å². The summed E-state index contributed by atoms with van der Waals surface area (Å²) in [5, 5.41) is 4.10. The number of carbonyl (C=O) groups is 1. The molecule has 1 aromatic heterocycles. The minimum atomic E-state index is 0.171. The molecule has 2 aliphatic rings. The minimum absolute atomic E-state index is 0.171. The van der Waals surface area contributed by atoms with Gasteiger partial charge in [-0.25, -0.2) is 4.98 Å². The summed E-state index contributed by atoms with van der Waals surface area (Å²) in [7, 11) is 4.43. The van der Waals surface area contributed by atoms with Gasteiger partial charge in [-0.3, -0.25) is 14.4 Å². The van der Waals surface area contributed by atoms with Gasteiger partial charge in [-0.1, -0.05) is 0 Å². The van der Waals surface area contributed by atoms with Crippen molar-refractivity contribution in [3.05, 3.63) is 12.7 Å². The van der Waals surface area contributed by atoms with Gasteiger partial charge in [-0.05, 0) is 52.9 Å². The van der Waals surface area contributed by atoms with Crippen molar-refractivity contribution >= 4 is 5.91 Å². The van der Waals surface area contributed by atoms with Crippen LogP contribution in [0.4, 0.5) is 0 Å². The fourth-order valence-electron chi connectivity index (χ4n) is 3.98. The van der Waals surface area contributed by atoms with E-state index in [1.54, 1.807) is 11.0 Å². The van der Waals surface area contributed by atoms with E-state index in [9.17, 15) is 4.79 Å². The van der Waals surface area contributed by atoms with Crippen LogP contribution in [0.1, 0.15) is 32.1 Å². The SMILES string of the molecule is CN1CCC2(CC1)CN(C(=O)CCCn1cncn1)CCCN2C. The minimum Gasteiger partial charge on any atom is -0.341 e. The van der Waals surface area contributed by atoms with E-state index in [0.717, 1.165) is 65.0 Å². The van der Waals surface area contributed by atoms with Gasteiger partial charge in [0, 0.05) is 38.1 Å². The number of carbonyl (C=O) groups excluding carboxylic acids is 1. The second kappa shape index (κ2) is 7.61. The summed E-state index contributed by atoms with van der Waals surface area (Å²) in [6, 6.07) is 0. The van der Waals surface area contributed by atoms with E-state index in [1.807, 2.05) is 0 Å². The predicted molar refractivity (Wildman–Crippen MR) is 92.5 cm³/mol. The molecule has 3 rings (SSSR count). The molecule has 2 fully saturated rings. The number of rotatable bonds is 4. The highest BCUT2D eigenvalue weighted by molar-refractivity contribution is 5.76. The van der Waals surface area contributed by atoms with E-state index in [2.05, 4.69) is 38.9 Å². The number of amides is 1. The summed E-state index contributed by atoms with van der Waals surface area (Å²) < 4.78 is 1.79. The first kappa shape index (κ1) is 17.4. The van der Waals surface area contributed by atoms with Gasteiger partial charge in [0.1, 0.15) is 12.7 Å². The van der Waals surface area contributed by atoms with Crippen LogP contribution < -0.4 is 0 Å². The van der Waals surface area contributed by atoms with Crippen LogP contribution in [0.25, 0.3) is 0 Å². The molecule has 1 aromatic rings. The summed E-state index contributed by atoms with van der Waals surface area (Å²) in [4.78, 5) is 23.7. The highest BCUT2D eigenvalue weighted by Gasteiger charge is 2.41. The molecule has 0 aromatic carbocycles. The standard InChI is InChI=1S/C17H30N6O/c1-20-11-6-17(7-12-20)13-22(9-4-8-21(17)2)16(24)5-3-10-23-15-18-14-19-23/h14-15H,3-13H2,1-2H3. The maximum Gasteiger partial charge on any atom is 0.222 e. The summed E-state index contributed by atoms with van der Waals surface area (Å²) >= 11 is 0. The van der Waals surface area contributed by atoms with Crippen LogP contribution in [-0.4, -0.2) is 87.7 Å². The molecule has 2 saturated heterocycles. The largest absolute Gasteiger partial charge is 0.341 e. The van der Waals surface area contributed by atoms with Crippen LogP contribution >= 0.6 is 0 Å². The molecule has 1 spiro atoms. The molecule has 7 nitrogen and oxygen atoms in total. The third-order valence-corrected chi connectivity index (χ3v) is 5.73. The van der Waals surface area contributed by atoms with Gasteiger partial charge in [0.2, 0.25) is 5.91 Å². The Morgan fingerprint density at radius 3 is 2.67 bits per heavy atom. The third kappa shape index (κ3) is 3.95. The average molecular weight is 334 g/mol. The molecule has 1 amide bonds. The van der Waals surface area contributed by atoms with Crippen molar-refractivity contribution in [3.8, 4) is 0 Å². The zero-order valence-electron chi connectivity index (χ0n) is 15.0. The smallest absolute Gasteiger partial charge is 0.222 e. The Labute approximate surface area is 144 Å². The molecule has 2 aliphatic heterocycles. The lowest BCUT2D eigenvalue weighted by atomic mass is 9.85. The van der Waals surface area contributed by atoms with Gasteiger partial charge >= 0.3 is 0 Å². The van der Waals surface area contributed by atoms with E-state index >= 15 is 0 Å². The molecule has 134 valence electrons. The first-order chi connectivity index (χ1) is 11.6. The number of piperidine rings is 1. The first-order valence-corrected chi connectivity index (χ1v) is 9.09. The van der Waals surface area contributed by atoms with Crippen molar-refractivity contribution in [1.82, 2.24) is 29.5 Å². The lowest BCUT2D eigenvalue weighted by molar-refractivity contribution is -0.133. The first-order valence-electron chi connectivity index (χ1n) is 9.09. The summed E-state index contributed by atoms with van der Waals surface area (Å²) in [5.74, 6) is 0.295. The van der Waals surface area contributed by atoms with Gasteiger partial charge in [-0.2, -0.15) is 5.10 Å². The van der Waals surface area contributed by atoms with E-state index in [4.69, 9.17) is 0 Å². The molecule has 0 radical (unpaired) electrons. The Morgan fingerprint density at radius 1 is 1.17 bits per heavy atom. The van der Waals surface area contributed by atoms with Crippen molar-refractivity contribution < 1.29 is 4.79 Å². The molecule has 0 bridgehead atoms. The average Bonchev–Trinajstić information content (AvgIpc) is 3.03. The van der Waals surface area contributed by atoms with Crippen LogP contribution in [0.15, 0.2) is 12.7 Å². The summed E-state index contributed by atoms with van der Waals surface area (Å²) in [6.07, 6.45) is 8.05. The van der Waals surface area contributed by atoms with Gasteiger partial charge in [0.05, 0.1) is 0 Å². The molecule has 0 atom stereocenters. The second-order valence-electron chi connectivity index (χ2n) is 7.38. The summed E-state index contributed by atoms with van der Waals surface area (Å²) in [5.41, 5.74) is 0.171. The zero-order valence-corrected chi connectivity index (χ0v) is 15.0. The van der Waals surface area contributed by atoms with E-state index in [-0.39, 0.29) is 5.54 Å². The zero-order chi connectivity index (χ0) is 17.0. The van der Waals surface area contributed by atoms with Gasteiger partial charge in [0.25, 0.3) is 0 Å². The molecular formula is C17H30N6O. The van der Waals surface area contributed by atoms with Crippen LogP contribution in [0, 0.1) is 0 Å². The van der Waals surface area contributed by atoms with Gasteiger partial charge < -0.3 is 9.80 Å². The maximum atomic E-state index is 12.7. The number of likely N-dealkylation sites (N-methyl/N-ethyl adjacent to an activating group) is 1. The molecule has 24 heavy (non-hydrogen) atoms. The highest BCUT2D eigenvalue weighted by Crippen LogP contribution is 2.31. The Hall–Kier alpha value is -1.47. The van der Waals surface area contributed by atoms with Crippen LogP contribution in [0.2, 0.25) is 0 Å². The molecule has 0 N–H and O–H groups in total. The van der Waals surface area contributed by atoms with Crippen LogP contribution in [0.3, 0.4) is 0 Å². The highest BCUT2D eigenvalue weighted by atomic mass is 16.2. The van der Waals surface area contributed by atoms with Crippen molar-refractivity contribution in [3.63, 3.8) is 0 Å². The molecule has 3 heterocycles. The Morgan fingerprint density at radius 2 is 1.96 bits per heavy atom. The monoisotopic (exact) mass is 334 g/mol. The lowest BCUT2D eigenvalue weighted by Crippen LogP contribution is -2.58. The number of hydrogen-bond acceptors (Lipinski definition) is 5. The normalized spacial score (nSPS) is 22.7. The van der Waals surface area contributed by atoms with E-state index < -0.39 is 0 Å². The van der Waals surface area contributed by atoms with Gasteiger partial charge in [-0.15, -0.1) is 0 Å². The number of aryl methyl sites for hydroxylation is 1. The number of hydrogen-bond donors (Lipinski definition) is 0. The van der Waals surface area contributed by atoms with Crippen molar-refractivity contribution in [2.45, 2.75) is 44.2 Å². The summed E-state index contributed by atoms with van der Waals surface area (Å²) in [6.45, 7) is 5.88. The molecule has 0 aliphatic carbocycles. The fourth-order valence-corrected chi connectivity index (χ4v) is 3.98. The van der Waals surface area contributed by atoms with Gasteiger partial charge in [0.15, 0.2) is 0 Å². The second-order valence-corrected chi connectivity index (χ2v) is 7.38. The Bertz CT molecular complexity index is 523. The fraction of sp³-hybridized carbons (Fsp3) is 0.824. The predicted octanol–water partition coefficient (Wildman–Crippen LogP) is 0.687. The molecular weight excluding hydrogens is 304 g/mol. The number of nitrogens with zero attached hydrogens (tertiary/aromatic N) is 6. The van der Waals surface area contributed by atoms with Crippen LogP contribution in [0.5, 0.6) is 0 Å². The lowest BCUT2D eigenvalue weighted by Gasteiger charge is -2.47. The third-order valence-electron chi connectivity index (χ3n) is 5.73. The van der Waals surface area contributed by atoms with E-state index in [1.165, 1.54) is 6.33 Å².